The summed E-state index contributed by atoms with van der Waals surface area (Å²) in [6.45, 7) is 16.0. The summed E-state index contributed by atoms with van der Waals surface area (Å²) in [7, 11) is -0.881. The fraction of sp³-hybridized carbons (Fsp3) is 0.846. The van der Waals surface area contributed by atoms with Crippen LogP contribution >= 0.6 is 0 Å². The molecule has 0 amide bonds. The average Bonchev–Trinajstić information content (AvgIpc) is 1.93. The summed E-state index contributed by atoms with van der Waals surface area (Å²) >= 11 is 0. The van der Waals surface area contributed by atoms with Crippen molar-refractivity contribution in [1.82, 2.24) is 0 Å². The maximum absolute atomic E-state index is 3.76. The van der Waals surface area contributed by atoms with E-state index in [9.17, 15) is 0 Å². The highest BCUT2D eigenvalue weighted by molar-refractivity contribution is 6.76. The molecule has 0 aliphatic rings. The van der Waals surface area contributed by atoms with Gasteiger partial charge in [-0.2, -0.15) is 0 Å². The largest absolute Gasteiger partial charge is 0.103 e. The monoisotopic (exact) mass is 212 g/mol. The van der Waals surface area contributed by atoms with Gasteiger partial charge in [0.2, 0.25) is 0 Å². The summed E-state index contributed by atoms with van der Waals surface area (Å²) in [6.07, 6.45) is 7.28. The van der Waals surface area contributed by atoms with E-state index in [1.165, 1.54) is 31.7 Å². The van der Waals surface area contributed by atoms with Crippen molar-refractivity contribution in [3.05, 3.63) is 12.7 Å². The summed E-state index contributed by atoms with van der Waals surface area (Å²) in [6, 6.07) is 1.45. The van der Waals surface area contributed by atoms with Crippen LogP contribution in [0.2, 0.25) is 25.7 Å². The number of rotatable bonds is 7. The average molecular weight is 212 g/mol. The minimum absolute atomic E-state index is 0.561. The molecule has 0 atom stereocenters. The van der Waals surface area contributed by atoms with E-state index in [4.69, 9.17) is 0 Å². The predicted molar refractivity (Wildman–Crippen MR) is 70.6 cm³/mol. The van der Waals surface area contributed by atoms with Crippen LogP contribution in [-0.4, -0.2) is 8.07 Å². The SMILES string of the molecule is C=CCCCCC(C)(C)C[Si](C)(C)C. The minimum Gasteiger partial charge on any atom is -0.103 e. The van der Waals surface area contributed by atoms with E-state index in [0.717, 1.165) is 0 Å². The lowest BCUT2D eigenvalue weighted by atomic mass is 9.89. The number of hydrogen-bond acceptors (Lipinski definition) is 0. The summed E-state index contributed by atoms with van der Waals surface area (Å²) in [4.78, 5) is 0. The third-order valence-corrected chi connectivity index (χ3v) is 4.54. The topological polar surface area (TPSA) is 0 Å². The first-order valence-electron chi connectivity index (χ1n) is 5.88. The van der Waals surface area contributed by atoms with Crippen LogP contribution in [-0.2, 0) is 0 Å². The zero-order chi connectivity index (χ0) is 11.2. The number of unbranched alkanes of at least 4 members (excludes halogenated alkanes) is 2. The van der Waals surface area contributed by atoms with Gasteiger partial charge in [-0.25, -0.2) is 0 Å². The normalized spacial score (nSPS) is 12.9. The molecule has 0 aliphatic heterocycles. The Morgan fingerprint density at radius 2 is 1.71 bits per heavy atom. The fourth-order valence-electron chi connectivity index (χ4n) is 2.42. The van der Waals surface area contributed by atoms with E-state index < -0.39 is 8.07 Å². The van der Waals surface area contributed by atoms with Crippen molar-refractivity contribution < 1.29 is 0 Å². The van der Waals surface area contributed by atoms with Gasteiger partial charge in [0.15, 0.2) is 0 Å². The van der Waals surface area contributed by atoms with Gasteiger partial charge >= 0.3 is 0 Å². The number of hydrogen-bond donors (Lipinski definition) is 0. The molecule has 0 aliphatic carbocycles. The first-order chi connectivity index (χ1) is 6.27. The third-order valence-electron chi connectivity index (χ3n) is 2.52. The Bertz CT molecular complexity index is 163. The third kappa shape index (κ3) is 8.55. The Hall–Kier alpha value is -0.0431. The first kappa shape index (κ1) is 14.0. The molecule has 0 aromatic carbocycles. The molecule has 0 bridgehead atoms. The van der Waals surface area contributed by atoms with Gasteiger partial charge in [-0.05, 0) is 24.7 Å². The molecule has 84 valence electrons. The van der Waals surface area contributed by atoms with Crippen LogP contribution < -0.4 is 0 Å². The molecule has 0 heterocycles. The van der Waals surface area contributed by atoms with Crippen molar-refractivity contribution in [3.8, 4) is 0 Å². The Morgan fingerprint density at radius 3 is 2.14 bits per heavy atom. The standard InChI is InChI=1S/C13H28Si/c1-7-8-9-10-11-13(2,3)12-14(4,5)6/h7H,1,8-12H2,2-6H3. The second-order valence-corrected chi connectivity index (χ2v) is 11.9. The Balaban J connectivity index is 3.77. The van der Waals surface area contributed by atoms with Crippen molar-refractivity contribution >= 4 is 8.07 Å². The van der Waals surface area contributed by atoms with Crippen LogP contribution in [0.5, 0.6) is 0 Å². The van der Waals surface area contributed by atoms with Gasteiger partial charge in [-0.1, -0.05) is 52.0 Å². The van der Waals surface area contributed by atoms with Crippen LogP contribution in [0.3, 0.4) is 0 Å². The lowest BCUT2D eigenvalue weighted by Gasteiger charge is -2.31. The maximum Gasteiger partial charge on any atom is 0.0447 e. The zero-order valence-corrected chi connectivity index (χ0v) is 11.8. The predicted octanol–water partition coefficient (Wildman–Crippen LogP) is 5.10. The lowest BCUT2D eigenvalue weighted by molar-refractivity contribution is 0.356. The molecule has 0 saturated carbocycles. The molecule has 0 nitrogen and oxygen atoms in total. The molecule has 0 rings (SSSR count). The molecule has 0 saturated heterocycles. The lowest BCUT2D eigenvalue weighted by Crippen LogP contribution is -2.28. The van der Waals surface area contributed by atoms with Gasteiger partial charge < -0.3 is 0 Å². The second kappa shape index (κ2) is 5.74. The molecule has 0 spiro atoms. The van der Waals surface area contributed by atoms with E-state index in [2.05, 4.69) is 40.1 Å². The van der Waals surface area contributed by atoms with Gasteiger partial charge in [-0.3, -0.25) is 0 Å². The van der Waals surface area contributed by atoms with E-state index in [0.29, 0.717) is 5.41 Å². The van der Waals surface area contributed by atoms with Crippen molar-refractivity contribution in [3.63, 3.8) is 0 Å². The van der Waals surface area contributed by atoms with Gasteiger partial charge in [0.1, 0.15) is 0 Å². The Morgan fingerprint density at radius 1 is 1.14 bits per heavy atom. The Labute approximate surface area is 91.8 Å². The van der Waals surface area contributed by atoms with Crippen molar-refractivity contribution in [2.75, 3.05) is 0 Å². The highest BCUT2D eigenvalue weighted by Gasteiger charge is 2.25. The van der Waals surface area contributed by atoms with E-state index in [1.54, 1.807) is 0 Å². The van der Waals surface area contributed by atoms with Crippen molar-refractivity contribution in [2.45, 2.75) is 65.2 Å². The van der Waals surface area contributed by atoms with Gasteiger partial charge in [0.25, 0.3) is 0 Å². The van der Waals surface area contributed by atoms with Crippen LogP contribution in [0, 0.1) is 5.41 Å². The molecular formula is C13H28Si. The molecule has 0 fully saturated rings. The highest BCUT2D eigenvalue weighted by atomic mass is 28.3. The molecule has 0 aromatic heterocycles. The van der Waals surface area contributed by atoms with Gasteiger partial charge in [0.05, 0.1) is 0 Å². The van der Waals surface area contributed by atoms with E-state index in [-0.39, 0.29) is 0 Å². The zero-order valence-electron chi connectivity index (χ0n) is 10.8. The first-order valence-corrected chi connectivity index (χ1v) is 9.58. The van der Waals surface area contributed by atoms with Crippen molar-refractivity contribution in [1.29, 1.82) is 0 Å². The van der Waals surface area contributed by atoms with E-state index in [1.807, 2.05) is 6.08 Å². The summed E-state index contributed by atoms with van der Waals surface area (Å²) in [5.41, 5.74) is 0.561. The smallest absolute Gasteiger partial charge is 0.0447 e. The fourth-order valence-corrected chi connectivity index (χ4v) is 5.46. The quantitative estimate of drug-likeness (QED) is 0.313. The van der Waals surface area contributed by atoms with Crippen LogP contribution in [0.1, 0.15) is 39.5 Å². The van der Waals surface area contributed by atoms with Gasteiger partial charge in [-0.15, -0.1) is 6.58 Å². The minimum atomic E-state index is -0.881. The van der Waals surface area contributed by atoms with Crippen LogP contribution in [0.25, 0.3) is 0 Å². The second-order valence-electron chi connectivity index (χ2n) is 6.44. The van der Waals surface area contributed by atoms with Gasteiger partial charge in [0, 0.05) is 8.07 Å². The molecule has 0 unspecified atom stereocenters. The highest BCUT2D eigenvalue weighted by Crippen LogP contribution is 2.33. The van der Waals surface area contributed by atoms with E-state index >= 15 is 0 Å². The summed E-state index contributed by atoms with van der Waals surface area (Å²) in [5, 5.41) is 0. The molecule has 1 heteroatoms. The van der Waals surface area contributed by atoms with Crippen LogP contribution in [0.15, 0.2) is 12.7 Å². The van der Waals surface area contributed by atoms with Crippen molar-refractivity contribution in [2.24, 2.45) is 5.41 Å². The summed E-state index contributed by atoms with van der Waals surface area (Å²) < 4.78 is 0. The Kier molecular flexibility index (Phi) is 5.73. The number of allylic oxidation sites excluding steroid dienone is 1. The molecule has 0 aromatic rings. The molecule has 14 heavy (non-hydrogen) atoms. The summed E-state index contributed by atoms with van der Waals surface area (Å²) in [5.74, 6) is 0. The molecular weight excluding hydrogens is 184 g/mol. The molecule has 0 radical (unpaired) electrons. The maximum atomic E-state index is 3.76. The van der Waals surface area contributed by atoms with Crippen LogP contribution in [0.4, 0.5) is 0 Å². The molecule has 0 N–H and O–H groups in total.